The van der Waals surface area contributed by atoms with E-state index in [1.165, 1.54) is 4.31 Å². The summed E-state index contributed by atoms with van der Waals surface area (Å²) < 4.78 is 42.4. The zero-order valence-corrected chi connectivity index (χ0v) is 29.5. The number of imidazole rings is 1. The van der Waals surface area contributed by atoms with Gasteiger partial charge in [-0.3, -0.25) is 4.31 Å². The van der Waals surface area contributed by atoms with E-state index in [9.17, 15) is 13.2 Å². The van der Waals surface area contributed by atoms with Crippen molar-refractivity contribution in [2.24, 2.45) is 0 Å². The molecule has 0 radical (unpaired) electrons. The maximum atomic E-state index is 13.9. The number of nitrogens with zero attached hydrogens (tertiary/aromatic N) is 3. The van der Waals surface area contributed by atoms with E-state index in [1.54, 1.807) is 39.0 Å². The monoisotopic (exact) mass is 667 g/mol. The van der Waals surface area contributed by atoms with Gasteiger partial charge in [0.05, 0.1) is 21.6 Å². The van der Waals surface area contributed by atoms with Crippen molar-refractivity contribution in [3.8, 4) is 16.9 Å². The molecule has 1 heterocycles. The van der Waals surface area contributed by atoms with Crippen molar-refractivity contribution in [3.63, 3.8) is 0 Å². The lowest BCUT2D eigenvalue weighted by Crippen LogP contribution is -2.31. The predicted molar refractivity (Wildman–Crippen MR) is 192 cm³/mol. The zero-order chi connectivity index (χ0) is 34.5. The van der Waals surface area contributed by atoms with E-state index in [0.717, 1.165) is 58.4 Å². The lowest BCUT2D eigenvalue weighted by molar-refractivity contribution is 0.0207. The maximum absolute atomic E-state index is 13.9. The molecule has 0 aliphatic rings. The predicted octanol–water partition coefficient (Wildman–Crippen LogP) is 9.32. The number of ether oxygens (including phenoxy) is 2. The number of unbranched alkanes of at least 4 members (excludes halogenated alkanes) is 1. The molecule has 0 amide bonds. The summed E-state index contributed by atoms with van der Waals surface area (Å²) in [5.41, 5.74) is 5.42. The summed E-state index contributed by atoms with van der Waals surface area (Å²) in [7, 11) is -3.77. The minimum Gasteiger partial charge on any atom is -0.428 e. The van der Waals surface area contributed by atoms with Crippen LogP contribution in [-0.4, -0.2) is 36.3 Å². The molecule has 0 spiro atoms. The second kappa shape index (κ2) is 14.6. The van der Waals surface area contributed by atoms with Gasteiger partial charge < -0.3 is 14.0 Å². The van der Waals surface area contributed by atoms with Crippen molar-refractivity contribution in [2.75, 3.05) is 10.8 Å². The van der Waals surface area contributed by atoms with Crippen LogP contribution < -0.4 is 9.04 Å². The first-order valence-electron chi connectivity index (χ1n) is 16.6. The van der Waals surface area contributed by atoms with Gasteiger partial charge in [0.2, 0.25) is 0 Å². The normalized spacial score (nSPS) is 11.9. The summed E-state index contributed by atoms with van der Waals surface area (Å²) in [5.74, 6) is 1.39. The fourth-order valence-electron chi connectivity index (χ4n) is 5.57. The van der Waals surface area contributed by atoms with E-state index in [1.807, 2.05) is 74.5 Å². The molecule has 5 rings (SSSR count). The van der Waals surface area contributed by atoms with Crippen molar-refractivity contribution in [1.82, 2.24) is 9.55 Å². The Bertz CT molecular complexity index is 1980. The molecule has 0 atom stereocenters. The summed E-state index contributed by atoms with van der Waals surface area (Å²) in [5, 5.41) is 0. The highest BCUT2D eigenvalue weighted by molar-refractivity contribution is 7.92. The van der Waals surface area contributed by atoms with E-state index >= 15 is 0 Å². The lowest BCUT2D eigenvalue weighted by Gasteiger charge is -2.24. The summed E-state index contributed by atoms with van der Waals surface area (Å²) in [4.78, 5) is 17.7. The van der Waals surface area contributed by atoms with Gasteiger partial charge in [-0.1, -0.05) is 80.4 Å². The number of sulfonamides is 1. The quantitative estimate of drug-likeness (QED) is 0.0973. The molecular formula is C39H45N3O5S. The van der Waals surface area contributed by atoms with Crippen LogP contribution in [0.1, 0.15) is 70.8 Å². The van der Waals surface area contributed by atoms with Crippen LogP contribution >= 0.6 is 0 Å². The number of para-hydroxylation sites is 1. The Morgan fingerprint density at radius 3 is 2.27 bits per heavy atom. The third-order valence-electron chi connectivity index (χ3n) is 7.96. The molecule has 0 fully saturated rings. The SMILES string of the molecule is CCCCc1nc2ccc(N(CCC)S(=O)(=O)c3ccc(C)cc3)cc2n1Cc1ccc(-c2ccccc2OC(=O)OC(C)(C)C)cc1. The van der Waals surface area contributed by atoms with Gasteiger partial charge in [0, 0.05) is 25.1 Å². The number of hydrogen-bond acceptors (Lipinski definition) is 6. The van der Waals surface area contributed by atoms with Gasteiger partial charge >= 0.3 is 6.16 Å². The molecule has 4 aromatic carbocycles. The standard InChI is InChI=1S/C39H45N3O5S/c1-7-9-14-37-40-34-24-21-31(42(25-8-2)48(44,45)32-22-15-28(3)16-23-32)26-35(34)41(37)27-29-17-19-30(20-18-29)33-12-10-11-13-36(33)46-38(43)47-39(4,5)6/h10-13,15-24,26H,7-9,14,25,27H2,1-6H3. The Labute approximate surface area is 284 Å². The number of carbonyl (C=O) groups excluding carboxylic acids is 1. The lowest BCUT2D eigenvalue weighted by atomic mass is 10.0. The molecule has 0 saturated heterocycles. The zero-order valence-electron chi connectivity index (χ0n) is 28.7. The van der Waals surface area contributed by atoms with Gasteiger partial charge in [0.25, 0.3) is 10.0 Å². The van der Waals surface area contributed by atoms with Crippen LogP contribution in [0.4, 0.5) is 10.5 Å². The molecule has 0 N–H and O–H groups in total. The summed E-state index contributed by atoms with van der Waals surface area (Å²) in [6.07, 6.45) is 2.76. The van der Waals surface area contributed by atoms with Crippen LogP contribution in [0.2, 0.25) is 0 Å². The first-order valence-corrected chi connectivity index (χ1v) is 18.0. The molecule has 9 heteroatoms. The second-order valence-electron chi connectivity index (χ2n) is 13.0. The fraction of sp³-hybridized carbons (Fsp3) is 0.333. The van der Waals surface area contributed by atoms with Gasteiger partial charge in [0.1, 0.15) is 17.2 Å². The van der Waals surface area contributed by atoms with Crippen LogP contribution in [0.3, 0.4) is 0 Å². The van der Waals surface area contributed by atoms with Gasteiger partial charge in [-0.05, 0) is 88.1 Å². The number of hydrogen-bond donors (Lipinski definition) is 0. The highest BCUT2D eigenvalue weighted by Crippen LogP contribution is 2.32. The van der Waals surface area contributed by atoms with Crippen molar-refractivity contribution in [3.05, 3.63) is 108 Å². The van der Waals surface area contributed by atoms with Crippen molar-refractivity contribution in [1.29, 1.82) is 0 Å². The van der Waals surface area contributed by atoms with Gasteiger partial charge in [-0.15, -0.1) is 0 Å². The topological polar surface area (TPSA) is 90.7 Å². The molecule has 1 aromatic heterocycles. The minimum atomic E-state index is -3.77. The van der Waals surface area contributed by atoms with Crippen LogP contribution in [0.15, 0.2) is 95.9 Å². The Kier molecular flexibility index (Phi) is 10.6. The Morgan fingerprint density at radius 2 is 1.60 bits per heavy atom. The van der Waals surface area contributed by atoms with Crippen LogP contribution in [0, 0.1) is 6.92 Å². The Balaban J connectivity index is 1.48. The molecule has 8 nitrogen and oxygen atoms in total. The minimum absolute atomic E-state index is 0.275. The van der Waals surface area contributed by atoms with E-state index < -0.39 is 21.8 Å². The first kappa shape index (κ1) is 34.7. The number of benzene rings is 4. The van der Waals surface area contributed by atoms with E-state index in [-0.39, 0.29) is 4.90 Å². The van der Waals surface area contributed by atoms with Crippen molar-refractivity contribution in [2.45, 2.75) is 84.3 Å². The molecule has 0 bridgehead atoms. The molecule has 0 aliphatic heterocycles. The average Bonchev–Trinajstić information content (AvgIpc) is 3.38. The van der Waals surface area contributed by atoms with Crippen molar-refractivity contribution >= 4 is 32.9 Å². The molecule has 5 aromatic rings. The number of anilines is 1. The van der Waals surface area contributed by atoms with Crippen LogP contribution in [0.5, 0.6) is 5.75 Å². The summed E-state index contributed by atoms with van der Waals surface area (Å²) >= 11 is 0. The highest BCUT2D eigenvalue weighted by Gasteiger charge is 2.25. The third kappa shape index (κ3) is 8.08. The highest BCUT2D eigenvalue weighted by atomic mass is 32.2. The van der Waals surface area contributed by atoms with Crippen LogP contribution in [0.25, 0.3) is 22.2 Å². The van der Waals surface area contributed by atoms with Gasteiger partial charge in [-0.25, -0.2) is 18.2 Å². The fourth-order valence-corrected chi connectivity index (χ4v) is 7.12. The number of carbonyl (C=O) groups is 1. The number of aromatic nitrogens is 2. The average molecular weight is 668 g/mol. The van der Waals surface area contributed by atoms with Gasteiger partial charge in [0.15, 0.2) is 0 Å². The molecule has 0 aliphatic carbocycles. The van der Waals surface area contributed by atoms with E-state index in [2.05, 4.69) is 23.6 Å². The molecule has 252 valence electrons. The summed E-state index contributed by atoms with van der Waals surface area (Å²) in [6.45, 7) is 12.4. The number of rotatable bonds is 12. The largest absolute Gasteiger partial charge is 0.514 e. The Morgan fingerprint density at radius 1 is 0.896 bits per heavy atom. The Hall–Kier alpha value is -4.63. The van der Waals surface area contributed by atoms with E-state index in [4.69, 9.17) is 14.5 Å². The third-order valence-corrected chi connectivity index (χ3v) is 9.81. The molecular weight excluding hydrogens is 623 g/mol. The number of fused-ring (bicyclic) bond motifs is 1. The molecule has 0 unspecified atom stereocenters. The van der Waals surface area contributed by atoms with Crippen LogP contribution in [-0.2, 0) is 27.7 Å². The van der Waals surface area contributed by atoms with Gasteiger partial charge in [-0.2, -0.15) is 0 Å². The first-order chi connectivity index (χ1) is 22.9. The molecule has 0 saturated carbocycles. The smallest absolute Gasteiger partial charge is 0.428 e. The van der Waals surface area contributed by atoms with Crippen molar-refractivity contribution < 1.29 is 22.7 Å². The molecule has 48 heavy (non-hydrogen) atoms. The number of aryl methyl sites for hydroxylation is 2. The summed E-state index contributed by atoms with van der Waals surface area (Å²) in [6, 6.07) is 28.3. The maximum Gasteiger partial charge on any atom is 0.514 e. The second-order valence-corrected chi connectivity index (χ2v) is 14.9. The van der Waals surface area contributed by atoms with E-state index in [0.29, 0.717) is 30.9 Å².